The highest BCUT2D eigenvalue weighted by atomic mass is 15.3. The van der Waals surface area contributed by atoms with Crippen molar-refractivity contribution in [2.45, 2.75) is 13.3 Å². The summed E-state index contributed by atoms with van der Waals surface area (Å²) in [6.45, 7) is 8.31. The predicted molar refractivity (Wildman–Crippen MR) is 59.0 cm³/mol. The first-order valence-electron chi connectivity index (χ1n) is 5.51. The standard InChI is InChI=1S/C12H20N2/c1-4-11(2)7-14-6-5-12(10-14)8-13(3)9-12/h1,11H,5-10H2,2-3H3/t11-/m0/s1. The molecule has 0 aromatic carbocycles. The fraction of sp³-hybridized carbons (Fsp3) is 0.833. The first-order valence-corrected chi connectivity index (χ1v) is 5.51. The average Bonchev–Trinajstić information content (AvgIpc) is 2.48. The molecule has 2 fully saturated rings. The molecule has 0 aliphatic carbocycles. The van der Waals surface area contributed by atoms with E-state index in [1.165, 1.54) is 32.6 Å². The van der Waals surface area contributed by atoms with Gasteiger partial charge in [-0.05, 0) is 20.0 Å². The molecule has 2 heterocycles. The van der Waals surface area contributed by atoms with Gasteiger partial charge >= 0.3 is 0 Å². The zero-order chi connectivity index (χ0) is 10.2. The van der Waals surface area contributed by atoms with Crippen LogP contribution in [0.3, 0.4) is 0 Å². The molecule has 0 unspecified atom stereocenters. The maximum absolute atomic E-state index is 5.40. The first-order chi connectivity index (χ1) is 6.63. The Morgan fingerprint density at radius 1 is 1.43 bits per heavy atom. The Bertz CT molecular complexity index is 248. The van der Waals surface area contributed by atoms with Crippen molar-refractivity contribution < 1.29 is 0 Å². The average molecular weight is 192 g/mol. The number of terminal acetylenes is 1. The number of hydrogen-bond donors (Lipinski definition) is 0. The third kappa shape index (κ3) is 1.80. The van der Waals surface area contributed by atoms with Crippen molar-refractivity contribution in [1.82, 2.24) is 9.80 Å². The summed E-state index contributed by atoms with van der Waals surface area (Å²) in [5.41, 5.74) is 0.628. The van der Waals surface area contributed by atoms with Crippen LogP contribution in [0.15, 0.2) is 0 Å². The van der Waals surface area contributed by atoms with E-state index < -0.39 is 0 Å². The van der Waals surface area contributed by atoms with Gasteiger partial charge in [-0.25, -0.2) is 0 Å². The van der Waals surface area contributed by atoms with Gasteiger partial charge in [0.25, 0.3) is 0 Å². The van der Waals surface area contributed by atoms with Gasteiger partial charge in [0.05, 0.1) is 0 Å². The molecule has 2 nitrogen and oxygen atoms in total. The number of nitrogens with zero attached hydrogens (tertiary/aromatic N) is 2. The summed E-state index contributed by atoms with van der Waals surface area (Å²) < 4.78 is 0. The fourth-order valence-electron chi connectivity index (χ4n) is 2.98. The van der Waals surface area contributed by atoms with Crippen LogP contribution in [-0.4, -0.2) is 49.6 Å². The van der Waals surface area contributed by atoms with Gasteiger partial charge in [0, 0.05) is 37.5 Å². The molecule has 1 spiro atoms. The van der Waals surface area contributed by atoms with Crippen LogP contribution in [0.25, 0.3) is 0 Å². The Morgan fingerprint density at radius 2 is 2.14 bits per heavy atom. The second-order valence-corrected chi connectivity index (χ2v) is 5.23. The second-order valence-electron chi connectivity index (χ2n) is 5.23. The molecule has 0 aromatic rings. The van der Waals surface area contributed by atoms with E-state index in [0.29, 0.717) is 11.3 Å². The van der Waals surface area contributed by atoms with Gasteiger partial charge in [-0.2, -0.15) is 0 Å². The molecular formula is C12H20N2. The molecule has 2 heteroatoms. The Morgan fingerprint density at radius 3 is 2.71 bits per heavy atom. The van der Waals surface area contributed by atoms with Crippen molar-refractivity contribution in [3.8, 4) is 12.3 Å². The van der Waals surface area contributed by atoms with Crippen molar-refractivity contribution >= 4 is 0 Å². The van der Waals surface area contributed by atoms with Crippen molar-refractivity contribution in [3.63, 3.8) is 0 Å². The molecular weight excluding hydrogens is 172 g/mol. The summed E-state index contributed by atoms with van der Waals surface area (Å²) in [6.07, 6.45) is 6.77. The third-order valence-electron chi connectivity index (χ3n) is 3.54. The van der Waals surface area contributed by atoms with Gasteiger partial charge in [-0.3, -0.25) is 0 Å². The van der Waals surface area contributed by atoms with Crippen molar-refractivity contribution in [2.75, 3.05) is 39.8 Å². The van der Waals surface area contributed by atoms with Crippen molar-refractivity contribution in [1.29, 1.82) is 0 Å². The highest BCUT2D eigenvalue weighted by molar-refractivity contribution is 5.01. The van der Waals surface area contributed by atoms with Crippen LogP contribution in [0, 0.1) is 23.7 Å². The normalized spacial score (nSPS) is 28.6. The molecule has 1 atom stereocenters. The zero-order valence-electron chi connectivity index (χ0n) is 9.29. The van der Waals surface area contributed by atoms with E-state index in [2.05, 4.69) is 29.7 Å². The van der Waals surface area contributed by atoms with E-state index in [4.69, 9.17) is 6.42 Å². The molecule has 0 aromatic heterocycles. The lowest BCUT2D eigenvalue weighted by molar-refractivity contribution is 0.0302. The molecule has 78 valence electrons. The summed E-state index contributed by atoms with van der Waals surface area (Å²) in [5.74, 6) is 3.22. The first kappa shape index (κ1) is 10.0. The van der Waals surface area contributed by atoms with Crippen LogP contribution >= 0.6 is 0 Å². The third-order valence-corrected chi connectivity index (χ3v) is 3.54. The molecule has 2 aliphatic heterocycles. The molecule has 0 radical (unpaired) electrons. The van der Waals surface area contributed by atoms with E-state index in [9.17, 15) is 0 Å². The van der Waals surface area contributed by atoms with Gasteiger partial charge in [0.2, 0.25) is 0 Å². The highest BCUT2D eigenvalue weighted by Crippen LogP contribution is 2.38. The van der Waals surface area contributed by atoms with E-state index in [1.54, 1.807) is 0 Å². The summed E-state index contributed by atoms with van der Waals surface area (Å²) in [5, 5.41) is 0. The Balaban J connectivity index is 1.81. The van der Waals surface area contributed by atoms with Crippen LogP contribution in [0.2, 0.25) is 0 Å². The molecule has 2 rings (SSSR count). The lowest BCUT2D eigenvalue weighted by Gasteiger charge is -2.46. The quantitative estimate of drug-likeness (QED) is 0.600. The summed E-state index contributed by atoms with van der Waals surface area (Å²) in [4.78, 5) is 4.95. The Kier molecular flexibility index (Phi) is 2.55. The minimum absolute atomic E-state index is 0.406. The molecule has 14 heavy (non-hydrogen) atoms. The van der Waals surface area contributed by atoms with Gasteiger partial charge in [-0.15, -0.1) is 12.3 Å². The molecule has 0 bridgehead atoms. The van der Waals surface area contributed by atoms with Crippen molar-refractivity contribution in [3.05, 3.63) is 0 Å². The molecule has 0 saturated carbocycles. The smallest absolute Gasteiger partial charge is 0.0299 e. The molecule has 2 saturated heterocycles. The molecule has 2 aliphatic rings. The Hall–Kier alpha value is -0.520. The number of likely N-dealkylation sites (tertiary alicyclic amines) is 2. The van der Waals surface area contributed by atoms with Crippen LogP contribution in [0.5, 0.6) is 0 Å². The Labute approximate surface area is 87.3 Å². The van der Waals surface area contributed by atoms with Gasteiger partial charge in [0.15, 0.2) is 0 Å². The minimum Gasteiger partial charge on any atom is -0.305 e. The maximum atomic E-state index is 5.40. The number of hydrogen-bond acceptors (Lipinski definition) is 2. The van der Waals surface area contributed by atoms with E-state index in [-0.39, 0.29) is 0 Å². The summed E-state index contributed by atoms with van der Waals surface area (Å²) >= 11 is 0. The fourth-order valence-corrected chi connectivity index (χ4v) is 2.98. The summed E-state index contributed by atoms with van der Waals surface area (Å²) in [6, 6.07) is 0. The second kappa shape index (κ2) is 3.56. The van der Waals surface area contributed by atoms with Crippen LogP contribution in [0.4, 0.5) is 0 Å². The monoisotopic (exact) mass is 192 g/mol. The molecule has 0 amide bonds. The maximum Gasteiger partial charge on any atom is 0.0299 e. The lowest BCUT2D eigenvalue weighted by atomic mass is 9.79. The highest BCUT2D eigenvalue weighted by Gasteiger charge is 2.45. The summed E-state index contributed by atoms with van der Waals surface area (Å²) in [7, 11) is 2.21. The lowest BCUT2D eigenvalue weighted by Crippen LogP contribution is -2.55. The molecule has 0 N–H and O–H groups in total. The predicted octanol–water partition coefficient (Wildman–Crippen LogP) is 0.893. The largest absolute Gasteiger partial charge is 0.305 e. The van der Waals surface area contributed by atoms with Crippen molar-refractivity contribution in [2.24, 2.45) is 11.3 Å². The minimum atomic E-state index is 0.406. The van der Waals surface area contributed by atoms with Gasteiger partial charge in [0.1, 0.15) is 0 Å². The number of rotatable bonds is 2. The topological polar surface area (TPSA) is 6.48 Å². The van der Waals surface area contributed by atoms with Crippen LogP contribution in [0.1, 0.15) is 13.3 Å². The van der Waals surface area contributed by atoms with Crippen LogP contribution in [-0.2, 0) is 0 Å². The zero-order valence-corrected chi connectivity index (χ0v) is 9.29. The van der Waals surface area contributed by atoms with E-state index >= 15 is 0 Å². The van der Waals surface area contributed by atoms with Gasteiger partial charge in [-0.1, -0.05) is 6.92 Å². The van der Waals surface area contributed by atoms with Crippen LogP contribution < -0.4 is 0 Å². The SMILES string of the molecule is C#C[C@H](C)CN1CCC2(CN(C)C2)C1. The van der Waals surface area contributed by atoms with E-state index in [1.807, 2.05) is 0 Å². The van der Waals surface area contributed by atoms with Gasteiger partial charge < -0.3 is 9.80 Å². The van der Waals surface area contributed by atoms with E-state index in [0.717, 1.165) is 6.54 Å².